The first kappa shape index (κ1) is 17.8. The van der Waals surface area contributed by atoms with Gasteiger partial charge < -0.3 is 19.9 Å². The van der Waals surface area contributed by atoms with Gasteiger partial charge in [0.05, 0.1) is 18.6 Å². The maximum atomic E-state index is 12.5. The molecule has 0 saturated heterocycles. The lowest BCUT2D eigenvalue weighted by molar-refractivity contribution is -0.142. The molecular formula is C18H23NO5. The van der Waals surface area contributed by atoms with Crippen LogP contribution < -0.4 is 14.8 Å². The quantitative estimate of drug-likeness (QED) is 0.749. The smallest absolute Gasteiger partial charge is 0.306 e. The minimum Gasteiger partial charge on any atom is -0.497 e. The monoisotopic (exact) mass is 333 g/mol. The highest BCUT2D eigenvalue weighted by Crippen LogP contribution is 2.27. The van der Waals surface area contributed by atoms with Crippen molar-refractivity contribution in [1.29, 1.82) is 0 Å². The highest BCUT2D eigenvalue weighted by Gasteiger charge is 2.27. The SMILES string of the molecule is C=CCOc1cc(OC)ccc1C(=O)NC1CCC(C(=O)O)CC1. The molecule has 1 aliphatic rings. The van der Waals surface area contributed by atoms with E-state index in [4.69, 9.17) is 14.6 Å². The van der Waals surface area contributed by atoms with Gasteiger partial charge in [-0.25, -0.2) is 0 Å². The normalized spacial score (nSPS) is 20.0. The molecule has 1 amide bonds. The van der Waals surface area contributed by atoms with Crippen molar-refractivity contribution < 1.29 is 24.2 Å². The van der Waals surface area contributed by atoms with Gasteiger partial charge in [-0.2, -0.15) is 0 Å². The third-order valence-electron chi connectivity index (χ3n) is 4.20. The molecule has 24 heavy (non-hydrogen) atoms. The molecule has 1 aromatic carbocycles. The summed E-state index contributed by atoms with van der Waals surface area (Å²) in [4.78, 5) is 23.5. The second kappa shape index (κ2) is 8.38. The molecule has 0 atom stereocenters. The molecule has 1 aliphatic carbocycles. The van der Waals surface area contributed by atoms with Crippen LogP contribution in [-0.4, -0.2) is 36.7 Å². The number of benzene rings is 1. The van der Waals surface area contributed by atoms with Crippen LogP contribution in [0.5, 0.6) is 11.5 Å². The molecule has 1 aromatic rings. The zero-order valence-electron chi connectivity index (χ0n) is 13.8. The Morgan fingerprint density at radius 3 is 2.62 bits per heavy atom. The van der Waals surface area contributed by atoms with Crippen molar-refractivity contribution in [2.75, 3.05) is 13.7 Å². The van der Waals surface area contributed by atoms with E-state index in [0.717, 1.165) is 0 Å². The van der Waals surface area contributed by atoms with E-state index in [9.17, 15) is 9.59 Å². The molecule has 6 heteroatoms. The fraction of sp³-hybridized carbons (Fsp3) is 0.444. The summed E-state index contributed by atoms with van der Waals surface area (Å²) in [6, 6.07) is 5.02. The van der Waals surface area contributed by atoms with E-state index in [0.29, 0.717) is 42.7 Å². The second-order valence-corrected chi connectivity index (χ2v) is 5.82. The maximum Gasteiger partial charge on any atom is 0.306 e. The largest absolute Gasteiger partial charge is 0.497 e. The first-order valence-electron chi connectivity index (χ1n) is 8.00. The number of hydrogen-bond acceptors (Lipinski definition) is 4. The van der Waals surface area contributed by atoms with Gasteiger partial charge in [0.25, 0.3) is 5.91 Å². The predicted octanol–water partition coefficient (Wildman–Crippen LogP) is 2.63. The number of carboxylic acids is 1. The molecule has 0 heterocycles. The lowest BCUT2D eigenvalue weighted by Crippen LogP contribution is -2.38. The summed E-state index contributed by atoms with van der Waals surface area (Å²) in [5.41, 5.74) is 0.429. The topological polar surface area (TPSA) is 84.9 Å². The molecule has 0 aromatic heterocycles. The highest BCUT2D eigenvalue weighted by atomic mass is 16.5. The Morgan fingerprint density at radius 1 is 1.33 bits per heavy atom. The molecule has 0 unspecified atom stereocenters. The first-order chi connectivity index (χ1) is 11.5. The van der Waals surface area contributed by atoms with E-state index in [1.807, 2.05) is 0 Å². The number of rotatable bonds is 7. The summed E-state index contributed by atoms with van der Waals surface area (Å²) in [7, 11) is 1.55. The van der Waals surface area contributed by atoms with Crippen molar-refractivity contribution >= 4 is 11.9 Å². The molecule has 0 bridgehead atoms. The van der Waals surface area contributed by atoms with Crippen molar-refractivity contribution in [2.24, 2.45) is 5.92 Å². The van der Waals surface area contributed by atoms with Crippen molar-refractivity contribution in [3.8, 4) is 11.5 Å². The summed E-state index contributed by atoms with van der Waals surface area (Å²) >= 11 is 0. The summed E-state index contributed by atoms with van der Waals surface area (Å²) in [6.07, 6.45) is 4.11. The predicted molar refractivity (Wildman–Crippen MR) is 89.5 cm³/mol. The molecule has 2 rings (SSSR count). The van der Waals surface area contributed by atoms with Gasteiger partial charge in [-0.3, -0.25) is 9.59 Å². The zero-order chi connectivity index (χ0) is 17.5. The van der Waals surface area contributed by atoms with Crippen molar-refractivity contribution in [3.63, 3.8) is 0 Å². The van der Waals surface area contributed by atoms with Crippen LogP contribution in [0.2, 0.25) is 0 Å². The van der Waals surface area contributed by atoms with E-state index in [1.54, 1.807) is 31.4 Å². The second-order valence-electron chi connectivity index (χ2n) is 5.82. The Kier molecular flexibility index (Phi) is 6.23. The summed E-state index contributed by atoms with van der Waals surface area (Å²) in [6.45, 7) is 3.89. The molecule has 0 aliphatic heterocycles. The van der Waals surface area contributed by atoms with Crippen LogP contribution in [0.3, 0.4) is 0 Å². The van der Waals surface area contributed by atoms with Crippen LogP contribution in [0.15, 0.2) is 30.9 Å². The average molecular weight is 333 g/mol. The highest BCUT2D eigenvalue weighted by molar-refractivity contribution is 5.97. The van der Waals surface area contributed by atoms with Gasteiger partial charge in [-0.15, -0.1) is 0 Å². The van der Waals surface area contributed by atoms with E-state index in [1.165, 1.54) is 0 Å². The standard InChI is InChI=1S/C18H23NO5/c1-3-10-24-16-11-14(23-2)8-9-15(16)17(20)19-13-6-4-12(5-7-13)18(21)22/h3,8-9,11-13H,1,4-7,10H2,2H3,(H,19,20)(H,21,22). The molecule has 0 radical (unpaired) electrons. The van der Waals surface area contributed by atoms with E-state index >= 15 is 0 Å². The van der Waals surface area contributed by atoms with E-state index in [-0.39, 0.29) is 24.5 Å². The Morgan fingerprint density at radius 2 is 2.04 bits per heavy atom. The number of ether oxygens (including phenoxy) is 2. The van der Waals surface area contributed by atoms with Crippen molar-refractivity contribution in [3.05, 3.63) is 36.4 Å². The number of carbonyl (C=O) groups excluding carboxylic acids is 1. The van der Waals surface area contributed by atoms with Crippen LogP contribution in [-0.2, 0) is 4.79 Å². The maximum absolute atomic E-state index is 12.5. The minimum absolute atomic E-state index is 0.0116. The number of hydrogen-bond donors (Lipinski definition) is 2. The fourth-order valence-corrected chi connectivity index (χ4v) is 2.83. The van der Waals surface area contributed by atoms with Gasteiger partial charge in [-0.05, 0) is 37.8 Å². The Hall–Kier alpha value is -2.50. The van der Waals surface area contributed by atoms with Crippen molar-refractivity contribution in [1.82, 2.24) is 5.32 Å². The lowest BCUT2D eigenvalue weighted by Gasteiger charge is -2.27. The minimum atomic E-state index is -0.755. The van der Waals surface area contributed by atoms with Crippen LogP contribution in [0.1, 0.15) is 36.0 Å². The third-order valence-corrected chi connectivity index (χ3v) is 4.20. The molecule has 1 saturated carbocycles. The molecular weight excluding hydrogens is 310 g/mol. The Balaban J connectivity index is 2.03. The summed E-state index contributed by atoms with van der Waals surface area (Å²) in [5, 5.41) is 12.0. The third kappa shape index (κ3) is 4.50. The molecule has 0 spiro atoms. The summed E-state index contributed by atoms with van der Waals surface area (Å²) in [5.74, 6) is -0.241. The molecule has 130 valence electrons. The fourth-order valence-electron chi connectivity index (χ4n) is 2.83. The first-order valence-corrected chi connectivity index (χ1v) is 8.00. The number of methoxy groups -OCH3 is 1. The van der Waals surface area contributed by atoms with E-state index in [2.05, 4.69) is 11.9 Å². The molecule has 6 nitrogen and oxygen atoms in total. The van der Waals surface area contributed by atoms with Gasteiger partial charge in [-0.1, -0.05) is 12.7 Å². The van der Waals surface area contributed by atoms with Crippen LogP contribution in [0.4, 0.5) is 0 Å². The Bertz CT molecular complexity index is 605. The number of aliphatic carboxylic acids is 1. The van der Waals surface area contributed by atoms with Gasteiger partial charge in [0.2, 0.25) is 0 Å². The average Bonchev–Trinajstić information content (AvgIpc) is 2.60. The molecule has 1 fully saturated rings. The number of carbonyl (C=O) groups is 2. The van der Waals surface area contributed by atoms with Crippen LogP contribution >= 0.6 is 0 Å². The van der Waals surface area contributed by atoms with Gasteiger partial charge in [0, 0.05) is 12.1 Å². The van der Waals surface area contributed by atoms with Crippen LogP contribution in [0, 0.1) is 5.92 Å². The summed E-state index contributed by atoms with van der Waals surface area (Å²) < 4.78 is 10.7. The van der Waals surface area contributed by atoms with Gasteiger partial charge in [0.1, 0.15) is 18.1 Å². The number of amides is 1. The zero-order valence-corrected chi connectivity index (χ0v) is 13.8. The Labute approximate surface area is 141 Å². The number of nitrogens with one attached hydrogen (secondary N) is 1. The van der Waals surface area contributed by atoms with Crippen molar-refractivity contribution in [2.45, 2.75) is 31.7 Å². The lowest BCUT2D eigenvalue weighted by atomic mass is 9.86. The molecule has 2 N–H and O–H groups in total. The number of carboxylic acid groups (broad SMARTS) is 1. The van der Waals surface area contributed by atoms with E-state index < -0.39 is 5.97 Å². The van der Waals surface area contributed by atoms with Gasteiger partial charge >= 0.3 is 5.97 Å². The van der Waals surface area contributed by atoms with Crippen LogP contribution in [0.25, 0.3) is 0 Å². The van der Waals surface area contributed by atoms with Gasteiger partial charge in [0.15, 0.2) is 0 Å².